The molecule has 2 rings (SSSR count). The number of fused-ring (bicyclic) bond motifs is 1. The van der Waals surface area contributed by atoms with Crippen molar-refractivity contribution < 1.29 is 0 Å². The van der Waals surface area contributed by atoms with Crippen molar-refractivity contribution in [2.45, 2.75) is 20.3 Å². The molecule has 0 saturated carbocycles. The predicted molar refractivity (Wildman–Crippen MR) is 61.0 cm³/mol. The van der Waals surface area contributed by atoms with Gasteiger partial charge in [0, 0.05) is 9.72 Å². The Hall–Kier alpha value is -0.530. The van der Waals surface area contributed by atoms with Gasteiger partial charge in [-0.05, 0) is 41.3 Å². The number of thiophene rings is 1. The van der Waals surface area contributed by atoms with Crippen LogP contribution in [0.3, 0.4) is 0 Å². The lowest BCUT2D eigenvalue weighted by atomic mass is 10.1. The zero-order chi connectivity index (χ0) is 9.42. The molecule has 1 aromatic carbocycles. The van der Waals surface area contributed by atoms with Crippen LogP contribution in [0, 0.1) is 6.92 Å². The fraction of sp³-hybridized carbons (Fsp3) is 0.273. The van der Waals surface area contributed by atoms with Gasteiger partial charge < -0.3 is 0 Å². The minimum Gasteiger partial charge on any atom is -0.143 e. The molecule has 13 heavy (non-hydrogen) atoms. The summed E-state index contributed by atoms with van der Waals surface area (Å²) >= 11 is 7.84. The first kappa shape index (κ1) is 9.04. The van der Waals surface area contributed by atoms with Gasteiger partial charge in [0.25, 0.3) is 0 Å². The standard InChI is InChI=1S/C11H11ClS/c1-3-8-6-13-11-7(2)10(12)5-4-9(8)11/h4-6H,3H2,1-2H3. The van der Waals surface area contributed by atoms with Crippen LogP contribution < -0.4 is 0 Å². The van der Waals surface area contributed by atoms with Crippen molar-refractivity contribution in [1.29, 1.82) is 0 Å². The maximum atomic E-state index is 6.05. The molecular weight excluding hydrogens is 200 g/mol. The fourth-order valence-corrected chi connectivity index (χ4v) is 2.92. The van der Waals surface area contributed by atoms with Gasteiger partial charge in [0.2, 0.25) is 0 Å². The van der Waals surface area contributed by atoms with Gasteiger partial charge >= 0.3 is 0 Å². The minimum absolute atomic E-state index is 0.872. The van der Waals surface area contributed by atoms with E-state index >= 15 is 0 Å². The molecule has 0 nitrogen and oxygen atoms in total. The van der Waals surface area contributed by atoms with E-state index in [0.717, 1.165) is 11.4 Å². The van der Waals surface area contributed by atoms with Crippen molar-refractivity contribution in [1.82, 2.24) is 0 Å². The average molecular weight is 211 g/mol. The summed E-state index contributed by atoms with van der Waals surface area (Å²) in [5.74, 6) is 0. The zero-order valence-corrected chi connectivity index (χ0v) is 9.30. The molecule has 0 aliphatic carbocycles. The molecule has 0 unspecified atom stereocenters. The third kappa shape index (κ3) is 1.36. The Labute approximate surface area is 87.2 Å². The van der Waals surface area contributed by atoms with Gasteiger partial charge in [-0.25, -0.2) is 0 Å². The van der Waals surface area contributed by atoms with E-state index in [1.54, 1.807) is 11.3 Å². The number of hydrogen-bond donors (Lipinski definition) is 0. The quantitative estimate of drug-likeness (QED) is 0.654. The van der Waals surface area contributed by atoms with Crippen molar-refractivity contribution >= 4 is 33.0 Å². The first-order valence-electron chi connectivity index (χ1n) is 4.39. The van der Waals surface area contributed by atoms with Gasteiger partial charge in [0.1, 0.15) is 0 Å². The van der Waals surface area contributed by atoms with Crippen LogP contribution >= 0.6 is 22.9 Å². The van der Waals surface area contributed by atoms with E-state index in [9.17, 15) is 0 Å². The second kappa shape index (κ2) is 3.32. The van der Waals surface area contributed by atoms with Crippen molar-refractivity contribution in [3.05, 3.63) is 33.7 Å². The van der Waals surface area contributed by atoms with E-state index in [4.69, 9.17) is 11.6 Å². The van der Waals surface area contributed by atoms with Gasteiger partial charge in [0.15, 0.2) is 0 Å². The Balaban J connectivity index is 2.81. The fourth-order valence-electron chi connectivity index (χ4n) is 1.54. The van der Waals surface area contributed by atoms with Gasteiger partial charge in [0.05, 0.1) is 0 Å². The van der Waals surface area contributed by atoms with Crippen LogP contribution in [0.1, 0.15) is 18.1 Å². The number of aryl methyl sites for hydroxylation is 2. The molecule has 2 heteroatoms. The van der Waals surface area contributed by atoms with Gasteiger partial charge in [-0.2, -0.15) is 0 Å². The molecule has 0 aliphatic rings. The lowest BCUT2D eigenvalue weighted by Crippen LogP contribution is -1.78. The van der Waals surface area contributed by atoms with Crippen molar-refractivity contribution in [3.63, 3.8) is 0 Å². The normalized spacial score (nSPS) is 11.0. The van der Waals surface area contributed by atoms with E-state index in [1.165, 1.54) is 21.2 Å². The largest absolute Gasteiger partial charge is 0.143 e. The average Bonchev–Trinajstić information content (AvgIpc) is 2.55. The van der Waals surface area contributed by atoms with Crippen LogP contribution in [-0.4, -0.2) is 0 Å². The minimum atomic E-state index is 0.872. The van der Waals surface area contributed by atoms with E-state index < -0.39 is 0 Å². The molecule has 2 aromatic rings. The van der Waals surface area contributed by atoms with Crippen LogP contribution in [-0.2, 0) is 6.42 Å². The van der Waals surface area contributed by atoms with Gasteiger partial charge in [-0.15, -0.1) is 11.3 Å². The molecule has 1 heterocycles. The first-order chi connectivity index (χ1) is 6.24. The molecular formula is C11H11ClS. The van der Waals surface area contributed by atoms with Crippen molar-refractivity contribution in [3.8, 4) is 0 Å². The summed E-state index contributed by atoms with van der Waals surface area (Å²) in [4.78, 5) is 0. The highest BCUT2D eigenvalue weighted by Gasteiger charge is 2.06. The van der Waals surface area contributed by atoms with Crippen LogP contribution in [0.2, 0.25) is 5.02 Å². The number of hydrogen-bond acceptors (Lipinski definition) is 1. The molecule has 0 fully saturated rings. The summed E-state index contributed by atoms with van der Waals surface area (Å²) in [6.07, 6.45) is 1.10. The second-order valence-electron chi connectivity index (χ2n) is 3.16. The number of rotatable bonds is 1. The molecule has 0 saturated heterocycles. The molecule has 0 radical (unpaired) electrons. The Morgan fingerprint density at radius 2 is 2.15 bits per heavy atom. The van der Waals surface area contributed by atoms with Crippen LogP contribution in [0.25, 0.3) is 10.1 Å². The lowest BCUT2D eigenvalue weighted by Gasteiger charge is -1.99. The Morgan fingerprint density at radius 3 is 2.85 bits per heavy atom. The second-order valence-corrected chi connectivity index (χ2v) is 4.45. The molecule has 0 spiro atoms. The monoisotopic (exact) mass is 210 g/mol. The topological polar surface area (TPSA) is 0 Å². The van der Waals surface area contributed by atoms with Gasteiger partial charge in [-0.1, -0.05) is 24.6 Å². The molecule has 68 valence electrons. The van der Waals surface area contributed by atoms with Crippen LogP contribution in [0.4, 0.5) is 0 Å². The van der Waals surface area contributed by atoms with Gasteiger partial charge in [-0.3, -0.25) is 0 Å². The van der Waals surface area contributed by atoms with Crippen LogP contribution in [0.5, 0.6) is 0 Å². The predicted octanol–water partition coefficient (Wildman–Crippen LogP) is 4.43. The Morgan fingerprint density at radius 1 is 1.38 bits per heavy atom. The van der Waals surface area contributed by atoms with Crippen LogP contribution in [0.15, 0.2) is 17.5 Å². The molecule has 0 N–H and O–H groups in total. The van der Waals surface area contributed by atoms with E-state index in [-0.39, 0.29) is 0 Å². The third-order valence-corrected chi connectivity index (χ3v) is 3.96. The van der Waals surface area contributed by atoms with E-state index in [1.807, 2.05) is 6.07 Å². The number of benzene rings is 1. The summed E-state index contributed by atoms with van der Waals surface area (Å²) in [6.45, 7) is 4.27. The summed E-state index contributed by atoms with van der Waals surface area (Å²) in [5, 5.41) is 4.47. The maximum absolute atomic E-state index is 6.05. The SMILES string of the molecule is CCc1csc2c(C)c(Cl)ccc12. The summed E-state index contributed by atoms with van der Waals surface area (Å²) in [5.41, 5.74) is 2.64. The van der Waals surface area contributed by atoms with Crippen molar-refractivity contribution in [2.75, 3.05) is 0 Å². The third-order valence-electron chi connectivity index (χ3n) is 2.39. The van der Waals surface area contributed by atoms with E-state index in [0.29, 0.717) is 0 Å². The highest BCUT2D eigenvalue weighted by Crippen LogP contribution is 2.32. The highest BCUT2D eigenvalue weighted by atomic mass is 35.5. The highest BCUT2D eigenvalue weighted by molar-refractivity contribution is 7.17. The van der Waals surface area contributed by atoms with Crippen molar-refractivity contribution in [2.24, 2.45) is 0 Å². The maximum Gasteiger partial charge on any atom is 0.0449 e. The van der Waals surface area contributed by atoms with E-state index in [2.05, 4.69) is 25.3 Å². The smallest absolute Gasteiger partial charge is 0.0449 e. The Kier molecular flexibility index (Phi) is 2.31. The molecule has 0 aliphatic heterocycles. The lowest BCUT2D eigenvalue weighted by molar-refractivity contribution is 1.17. The summed E-state index contributed by atoms with van der Waals surface area (Å²) in [7, 11) is 0. The zero-order valence-electron chi connectivity index (χ0n) is 7.73. The molecule has 0 amide bonds. The summed E-state index contributed by atoms with van der Waals surface area (Å²) in [6, 6.07) is 4.12. The molecule has 0 bridgehead atoms. The summed E-state index contributed by atoms with van der Waals surface area (Å²) < 4.78 is 1.34. The molecule has 1 aromatic heterocycles. The Bertz CT molecular complexity index is 443. The number of halogens is 1. The molecule has 0 atom stereocenters. The first-order valence-corrected chi connectivity index (χ1v) is 5.65.